The van der Waals surface area contributed by atoms with Crippen LogP contribution in [0.2, 0.25) is 0 Å². The SMILES string of the molecule is Cc1c(N)cn2ncc(C#N)c(Nc3ccc(OC4=CCC=CC=C4)cc3)c12. The van der Waals surface area contributed by atoms with Crippen molar-refractivity contribution in [2.45, 2.75) is 13.3 Å². The first-order chi connectivity index (χ1) is 13.7. The van der Waals surface area contributed by atoms with Crippen molar-refractivity contribution < 1.29 is 4.74 Å². The van der Waals surface area contributed by atoms with Crippen molar-refractivity contribution in [1.82, 2.24) is 9.61 Å². The van der Waals surface area contributed by atoms with Crippen molar-refractivity contribution in [1.29, 1.82) is 5.26 Å². The van der Waals surface area contributed by atoms with Crippen LogP contribution in [0.3, 0.4) is 0 Å². The standard InChI is InChI=1S/C22H19N5O/c1-15-20(24)14-27-22(15)21(16(12-23)13-25-27)26-17-8-10-19(11-9-17)28-18-6-4-2-3-5-7-18/h2-4,6-11,13-14,26H,5,24H2,1H3. The molecule has 0 saturated carbocycles. The molecule has 3 N–H and O–H groups in total. The van der Waals surface area contributed by atoms with Gasteiger partial charge in [-0.3, -0.25) is 0 Å². The Morgan fingerprint density at radius 1 is 1.25 bits per heavy atom. The third-order valence-corrected chi connectivity index (χ3v) is 4.54. The van der Waals surface area contributed by atoms with Gasteiger partial charge >= 0.3 is 0 Å². The molecule has 2 heterocycles. The fourth-order valence-corrected chi connectivity index (χ4v) is 3.04. The van der Waals surface area contributed by atoms with E-state index < -0.39 is 0 Å². The van der Waals surface area contributed by atoms with E-state index in [1.807, 2.05) is 55.5 Å². The van der Waals surface area contributed by atoms with Crippen LogP contribution in [0.4, 0.5) is 17.1 Å². The molecule has 1 aliphatic carbocycles. The number of nitrogen functional groups attached to an aromatic ring is 1. The van der Waals surface area contributed by atoms with Crippen LogP contribution in [0.1, 0.15) is 17.5 Å². The predicted molar refractivity (Wildman–Crippen MR) is 110 cm³/mol. The lowest BCUT2D eigenvalue weighted by molar-refractivity contribution is 0.443. The number of aromatic nitrogens is 2. The van der Waals surface area contributed by atoms with Crippen molar-refractivity contribution in [2.24, 2.45) is 0 Å². The van der Waals surface area contributed by atoms with Gasteiger partial charge in [0.15, 0.2) is 0 Å². The molecule has 0 spiro atoms. The molecule has 6 nitrogen and oxygen atoms in total. The number of anilines is 3. The Labute approximate surface area is 162 Å². The van der Waals surface area contributed by atoms with Gasteiger partial charge < -0.3 is 15.8 Å². The fourth-order valence-electron chi connectivity index (χ4n) is 3.04. The van der Waals surface area contributed by atoms with E-state index in [2.05, 4.69) is 22.6 Å². The highest BCUT2D eigenvalue weighted by atomic mass is 16.5. The number of hydrogen-bond acceptors (Lipinski definition) is 5. The molecule has 0 atom stereocenters. The Hall–Kier alpha value is -3.98. The van der Waals surface area contributed by atoms with Crippen LogP contribution in [0.5, 0.6) is 5.75 Å². The molecule has 2 aromatic heterocycles. The van der Waals surface area contributed by atoms with E-state index in [0.29, 0.717) is 16.9 Å². The normalized spacial score (nSPS) is 13.1. The van der Waals surface area contributed by atoms with Crippen LogP contribution in [0.25, 0.3) is 5.52 Å². The molecular formula is C22H19N5O. The van der Waals surface area contributed by atoms with Gasteiger partial charge in [-0.25, -0.2) is 4.52 Å². The smallest absolute Gasteiger partial charge is 0.127 e. The largest absolute Gasteiger partial charge is 0.458 e. The Balaban J connectivity index is 1.61. The number of ether oxygens (including phenoxy) is 1. The Bertz CT molecular complexity index is 1160. The van der Waals surface area contributed by atoms with Gasteiger partial charge in [0.25, 0.3) is 0 Å². The summed E-state index contributed by atoms with van der Waals surface area (Å²) in [5.41, 5.74) is 10.3. The van der Waals surface area contributed by atoms with Crippen LogP contribution in [-0.4, -0.2) is 9.61 Å². The van der Waals surface area contributed by atoms with Crippen molar-refractivity contribution >= 4 is 22.6 Å². The van der Waals surface area contributed by atoms with Gasteiger partial charge in [-0.2, -0.15) is 10.4 Å². The maximum Gasteiger partial charge on any atom is 0.127 e. The first kappa shape index (κ1) is 17.4. The molecule has 0 amide bonds. The number of fused-ring (bicyclic) bond motifs is 1. The Morgan fingerprint density at radius 3 is 2.86 bits per heavy atom. The molecule has 138 valence electrons. The molecule has 6 heteroatoms. The lowest BCUT2D eigenvalue weighted by atomic mass is 10.1. The van der Waals surface area contributed by atoms with Crippen LogP contribution < -0.4 is 15.8 Å². The number of nitrogens with zero attached hydrogens (tertiary/aromatic N) is 3. The minimum atomic E-state index is 0.454. The molecule has 3 aromatic rings. The molecule has 28 heavy (non-hydrogen) atoms. The van der Waals surface area contributed by atoms with Crippen LogP contribution in [0, 0.1) is 18.3 Å². The summed E-state index contributed by atoms with van der Waals surface area (Å²) < 4.78 is 7.59. The Kier molecular flexibility index (Phi) is 4.56. The number of benzene rings is 1. The van der Waals surface area contributed by atoms with E-state index in [1.165, 1.54) is 6.20 Å². The van der Waals surface area contributed by atoms with Crippen molar-refractivity contribution in [3.63, 3.8) is 0 Å². The molecule has 0 aliphatic heterocycles. The van der Waals surface area contributed by atoms with E-state index in [9.17, 15) is 5.26 Å². The summed E-state index contributed by atoms with van der Waals surface area (Å²) in [6.07, 6.45) is 14.1. The second-order valence-electron chi connectivity index (χ2n) is 6.43. The van der Waals surface area contributed by atoms with Gasteiger partial charge in [-0.1, -0.05) is 18.2 Å². The van der Waals surface area contributed by atoms with E-state index in [1.54, 1.807) is 10.7 Å². The summed E-state index contributed by atoms with van der Waals surface area (Å²) in [5.74, 6) is 1.56. The minimum absolute atomic E-state index is 0.454. The van der Waals surface area contributed by atoms with Crippen molar-refractivity contribution in [3.8, 4) is 11.8 Å². The summed E-state index contributed by atoms with van der Waals surface area (Å²) in [4.78, 5) is 0. The minimum Gasteiger partial charge on any atom is -0.458 e. The van der Waals surface area contributed by atoms with Gasteiger partial charge in [0.2, 0.25) is 0 Å². The lowest BCUT2D eigenvalue weighted by Gasteiger charge is -2.12. The lowest BCUT2D eigenvalue weighted by Crippen LogP contribution is -2.01. The number of nitriles is 1. The molecule has 4 rings (SSSR count). The predicted octanol–water partition coefficient (Wildman–Crippen LogP) is 4.62. The third kappa shape index (κ3) is 3.33. The van der Waals surface area contributed by atoms with Crippen LogP contribution in [-0.2, 0) is 0 Å². The highest BCUT2D eigenvalue weighted by molar-refractivity contribution is 5.87. The molecule has 0 unspecified atom stereocenters. The van der Waals surface area contributed by atoms with Crippen LogP contribution in [0.15, 0.2) is 72.8 Å². The van der Waals surface area contributed by atoms with Gasteiger partial charge in [0, 0.05) is 11.3 Å². The average molecular weight is 369 g/mol. The number of rotatable bonds is 4. The van der Waals surface area contributed by atoms with E-state index in [4.69, 9.17) is 10.5 Å². The zero-order chi connectivity index (χ0) is 19.5. The van der Waals surface area contributed by atoms with Gasteiger partial charge in [-0.15, -0.1) is 0 Å². The fraction of sp³-hybridized carbons (Fsp3) is 0.0909. The number of allylic oxidation sites excluding steroid dienone is 5. The average Bonchev–Trinajstić information content (AvgIpc) is 2.87. The quantitative estimate of drug-likeness (QED) is 0.700. The number of nitrogens with one attached hydrogen (secondary N) is 1. The summed E-state index contributed by atoms with van der Waals surface area (Å²) in [6, 6.07) is 9.79. The highest BCUT2D eigenvalue weighted by Crippen LogP contribution is 2.31. The zero-order valence-corrected chi connectivity index (χ0v) is 15.4. The van der Waals surface area contributed by atoms with Gasteiger partial charge in [0.05, 0.1) is 34.8 Å². The van der Waals surface area contributed by atoms with Crippen molar-refractivity contribution in [2.75, 3.05) is 11.1 Å². The van der Waals surface area contributed by atoms with E-state index in [0.717, 1.165) is 34.7 Å². The molecule has 1 aliphatic rings. The molecule has 0 saturated heterocycles. The summed E-state index contributed by atoms with van der Waals surface area (Å²) in [5, 5.41) is 17.1. The number of hydrogen-bond donors (Lipinski definition) is 2. The second-order valence-corrected chi connectivity index (χ2v) is 6.43. The van der Waals surface area contributed by atoms with Crippen molar-refractivity contribution in [3.05, 3.63) is 83.9 Å². The molecular weight excluding hydrogens is 350 g/mol. The number of nitrogens with two attached hydrogens (primary N) is 1. The second kappa shape index (κ2) is 7.33. The molecule has 0 bridgehead atoms. The summed E-state index contributed by atoms with van der Waals surface area (Å²) in [7, 11) is 0. The maximum absolute atomic E-state index is 9.49. The zero-order valence-electron chi connectivity index (χ0n) is 15.4. The van der Waals surface area contributed by atoms with E-state index >= 15 is 0 Å². The van der Waals surface area contributed by atoms with Crippen LogP contribution >= 0.6 is 0 Å². The topological polar surface area (TPSA) is 88.4 Å². The molecule has 0 radical (unpaired) electrons. The third-order valence-electron chi connectivity index (χ3n) is 4.54. The first-order valence-corrected chi connectivity index (χ1v) is 8.90. The Morgan fingerprint density at radius 2 is 2.07 bits per heavy atom. The monoisotopic (exact) mass is 369 g/mol. The van der Waals surface area contributed by atoms with Gasteiger partial charge in [-0.05, 0) is 49.8 Å². The molecule has 1 aromatic carbocycles. The highest BCUT2D eigenvalue weighted by Gasteiger charge is 2.14. The molecule has 0 fully saturated rings. The summed E-state index contributed by atoms with van der Waals surface area (Å²) in [6.45, 7) is 1.92. The maximum atomic E-state index is 9.49. The van der Waals surface area contributed by atoms with Gasteiger partial charge in [0.1, 0.15) is 17.6 Å². The first-order valence-electron chi connectivity index (χ1n) is 8.90. The summed E-state index contributed by atoms with van der Waals surface area (Å²) >= 11 is 0. The number of aryl methyl sites for hydroxylation is 1. The van der Waals surface area contributed by atoms with E-state index in [-0.39, 0.29) is 0 Å².